The number of benzene rings is 2. The summed E-state index contributed by atoms with van der Waals surface area (Å²) in [6, 6.07) is 10.5. The number of anilines is 2. The van der Waals surface area contributed by atoms with Gasteiger partial charge in [-0.2, -0.15) is 18.4 Å². The first-order valence-corrected chi connectivity index (χ1v) is 9.48. The number of phenols is 1. The lowest BCUT2D eigenvalue weighted by Crippen LogP contribution is -2.44. The molecule has 30 heavy (non-hydrogen) atoms. The highest BCUT2D eigenvalue weighted by Crippen LogP contribution is 2.39. The van der Waals surface area contributed by atoms with E-state index < -0.39 is 28.7 Å². The lowest BCUT2D eigenvalue weighted by atomic mass is 10.0. The molecule has 0 aromatic heterocycles. The van der Waals surface area contributed by atoms with Crippen LogP contribution in [0.2, 0.25) is 0 Å². The second kappa shape index (κ2) is 8.32. The predicted octanol–water partition coefficient (Wildman–Crippen LogP) is 5.23. The molecular formula is C21H20F3N3O2S. The van der Waals surface area contributed by atoms with Crippen molar-refractivity contribution in [1.29, 1.82) is 5.26 Å². The first-order valence-electron chi connectivity index (χ1n) is 9.07. The van der Waals surface area contributed by atoms with Crippen molar-refractivity contribution in [2.75, 3.05) is 9.80 Å². The third-order valence-corrected chi connectivity index (χ3v) is 4.83. The molecule has 1 aliphatic heterocycles. The van der Waals surface area contributed by atoms with E-state index in [1.807, 2.05) is 13.8 Å². The summed E-state index contributed by atoms with van der Waals surface area (Å²) in [6.45, 7) is 7.20. The number of hydrogen-bond acceptors (Lipinski definition) is 4. The summed E-state index contributed by atoms with van der Waals surface area (Å²) in [5.74, 6) is -0.486. The van der Waals surface area contributed by atoms with Gasteiger partial charge >= 0.3 is 6.18 Å². The minimum Gasteiger partial charge on any atom is -0.508 e. The Labute approximate surface area is 177 Å². The lowest BCUT2D eigenvalue weighted by Gasteiger charge is -2.29. The van der Waals surface area contributed by atoms with Crippen LogP contribution in [0.25, 0.3) is 0 Å². The maximum Gasteiger partial charge on any atom is 0.417 e. The number of carbonyl (C=O) groups is 1. The van der Waals surface area contributed by atoms with Gasteiger partial charge in [0.25, 0.3) is 5.91 Å². The number of nitriles is 1. The van der Waals surface area contributed by atoms with Crippen molar-refractivity contribution in [1.82, 2.24) is 0 Å². The Kier molecular flexibility index (Phi) is 6.42. The molecule has 3 rings (SSSR count). The zero-order valence-electron chi connectivity index (χ0n) is 16.8. The maximum atomic E-state index is 13.3. The Hall–Kier alpha value is -3.12. The SMILES string of the molecule is CC.CC1(C)C(=O)N(c2ccc(C#N)c(C(F)(F)F)c2)C(=S)N1c1ccc(O)cc1. The van der Waals surface area contributed by atoms with E-state index in [4.69, 9.17) is 17.5 Å². The predicted molar refractivity (Wildman–Crippen MR) is 112 cm³/mol. The number of halogens is 3. The van der Waals surface area contributed by atoms with Crippen molar-refractivity contribution >= 4 is 34.6 Å². The number of alkyl halides is 3. The quantitative estimate of drug-likeness (QED) is 0.655. The average molecular weight is 435 g/mol. The molecule has 0 radical (unpaired) electrons. The first kappa shape index (κ1) is 23.2. The van der Waals surface area contributed by atoms with Crippen LogP contribution in [0.4, 0.5) is 24.5 Å². The molecule has 0 atom stereocenters. The van der Waals surface area contributed by atoms with Crippen molar-refractivity contribution < 1.29 is 23.1 Å². The summed E-state index contributed by atoms with van der Waals surface area (Å²) in [6.07, 6.45) is -4.75. The fraction of sp³-hybridized carbons (Fsp3) is 0.286. The highest BCUT2D eigenvalue weighted by molar-refractivity contribution is 7.81. The number of rotatable bonds is 2. The summed E-state index contributed by atoms with van der Waals surface area (Å²) in [5.41, 5.74) is -2.41. The van der Waals surface area contributed by atoms with E-state index in [0.29, 0.717) is 5.69 Å². The van der Waals surface area contributed by atoms with Gasteiger partial charge in [-0.1, -0.05) is 13.8 Å². The molecule has 158 valence electrons. The van der Waals surface area contributed by atoms with Crippen LogP contribution in [0.15, 0.2) is 42.5 Å². The fourth-order valence-electron chi connectivity index (χ4n) is 3.06. The zero-order chi connectivity index (χ0) is 22.9. The Morgan fingerprint density at radius 3 is 2.10 bits per heavy atom. The lowest BCUT2D eigenvalue weighted by molar-refractivity contribution is -0.137. The van der Waals surface area contributed by atoms with Crippen molar-refractivity contribution in [2.45, 2.75) is 39.4 Å². The number of phenolic OH excluding ortho intramolecular Hbond substituents is 1. The molecule has 0 unspecified atom stereocenters. The number of nitrogens with zero attached hydrogens (tertiary/aromatic N) is 3. The van der Waals surface area contributed by atoms with Gasteiger partial charge in [0.2, 0.25) is 0 Å². The Bertz CT molecular complexity index is 1010. The molecule has 1 fully saturated rings. The highest BCUT2D eigenvalue weighted by atomic mass is 32.1. The van der Waals surface area contributed by atoms with Gasteiger partial charge in [0.05, 0.1) is 22.9 Å². The molecular weight excluding hydrogens is 415 g/mol. The monoisotopic (exact) mass is 435 g/mol. The van der Waals surface area contributed by atoms with E-state index in [9.17, 15) is 23.1 Å². The van der Waals surface area contributed by atoms with Crippen LogP contribution in [-0.4, -0.2) is 21.7 Å². The van der Waals surface area contributed by atoms with Crippen LogP contribution in [0, 0.1) is 11.3 Å². The molecule has 2 aromatic rings. The van der Waals surface area contributed by atoms with Crippen LogP contribution < -0.4 is 9.80 Å². The van der Waals surface area contributed by atoms with Gasteiger partial charge < -0.3 is 10.0 Å². The number of hydrogen-bond donors (Lipinski definition) is 1. The number of aromatic hydroxyl groups is 1. The van der Waals surface area contributed by atoms with Gasteiger partial charge in [-0.25, -0.2) is 0 Å². The Morgan fingerprint density at radius 2 is 1.60 bits per heavy atom. The van der Waals surface area contributed by atoms with E-state index in [-0.39, 0.29) is 16.5 Å². The Morgan fingerprint density at radius 1 is 1.07 bits per heavy atom. The van der Waals surface area contributed by atoms with Crippen LogP contribution in [-0.2, 0) is 11.0 Å². The molecule has 1 amide bonds. The van der Waals surface area contributed by atoms with E-state index in [1.54, 1.807) is 26.0 Å². The summed E-state index contributed by atoms with van der Waals surface area (Å²) < 4.78 is 39.9. The van der Waals surface area contributed by atoms with Crippen molar-refractivity contribution in [3.8, 4) is 11.8 Å². The van der Waals surface area contributed by atoms with Crippen molar-refractivity contribution in [2.24, 2.45) is 0 Å². The number of thiocarbonyl (C=S) groups is 1. The molecule has 0 aliphatic carbocycles. The fourth-order valence-corrected chi connectivity index (χ4v) is 3.58. The number of amides is 1. The smallest absolute Gasteiger partial charge is 0.417 e. The maximum absolute atomic E-state index is 13.3. The second-order valence-corrected chi connectivity index (χ2v) is 7.04. The molecule has 0 spiro atoms. The minimum atomic E-state index is -4.75. The summed E-state index contributed by atoms with van der Waals surface area (Å²) in [7, 11) is 0. The molecule has 0 bridgehead atoms. The first-order chi connectivity index (χ1) is 14.0. The third-order valence-electron chi connectivity index (χ3n) is 4.46. The molecule has 0 saturated carbocycles. The van der Waals surface area contributed by atoms with E-state index in [0.717, 1.165) is 17.0 Å². The molecule has 1 N–H and O–H groups in total. The van der Waals surface area contributed by atoms with Crippen molar-refractivity contribution in [3.63, 3.8) is 0 Å². The number of carbonyl (C=O) groups excluding carboxylic acids is 1. The topological polar surface area (TPSA) is 67.6 Å². The highest BCUT2D eigenvalue weighted by Gasteiger charge is 2.50. The minimum absolute atomic E-state index is 0.00137. The molecule has 2 aromatic carbocycles. The van der Waals surface area contributed by atoms with Crippen LogP contribution in [0.3, 0.4) is 0 Å². The van der Waals surface area contributed by atoms with E-state index in [1.165, 1.54) is 29.2 Å². The summed E-state index contributed by atoms with van der Waals surface area (Å²) >= 11 is 5.40. The van der Waals surface area contributed by atoms with Crippen molar-refractivity contribution in [3.05, 3.63) is 53.6 Å². The van der Waals surface area contributed by atoms with Gasteiger partial charge in [0, 0.05) is 5.69 Å². The average Bonchev–Trinajstić information content (AvgIpc) is 2.87. The zero-order valence-corrected chi connectivity index (χ0v) is 17.6. The second-order valence-electron chi connectivity index (χ2n) is 6.67. The normalized spacial score (nSPS) is 15.5. The summed E-state index contributed by atoms with van der Waals surface area (Å²) in [5, 5.41) is 18.4. The van der Waals surface area contributed by atoms with Crippen LogP contribution in [0.1, 0.15) is 38.8 Å². The van der Waals surface area contributed by atoms with Gasteiger partial charge in [0.15, 0.2) is 5.11 Å². The molecule has 9 heteroatoms. The molecule has 1 aliphatic rings. The standard InChI is InChI=1S/C19H14F3N3O2S.C2H6/c1-18(2)16(27)24(17(28)25(18)12-5-7-14(26)8-6-12)13-4-3-11(10-23)15(9-13)19(20,21)22;1-2/h3-9,26H,1-2H3;1-2H3. The largest absolute Gasteiger partial charge is 0.508 e. The van der Waals surface area contributed by atoms with Gasteiger partial charge in [-0.15, -0.1) is 0 Å². The van der Waals surface area contributed by atoms with E-state index >= 15 is 0 Å². The van der Waals surface area contributed by atoms with Gasteiger partial charge in [0.1, 0.15) is 11.3 Å². The van der Waals surface area contributed by atoms with Crippen LogP contribution >= 0.6 is 12.2 Å². The van der Waals surface area contributed by atoms with E-state index in [2.05, 4.69) is 0 Å². The van der Waals surface area contributed by atoms with Gasteiger partial charge in [-0.3, -0.25) is 9.69 Å². The summed E-state index contributed by atoms with van der Waals surface area (Å²) in [4.78, 5) is 15.5. The third kappa shape index (κ3) is 3.96. The Balaban J connectivity index is 0.00000155. The van der Waals surface area contributed by atoms with Crippen LogP contribution in [0.5, 0.6) is 5.75 Å². The molecule has 1 heterocycles. The molecule has 1 saturated heterocycles. The molecule has 5 nitrogen and oxygen atoms in total. The van der Waals surface area contributed by atoms with Gasteiger partial charge in [-0.05, 0) is 68.5 Å².